The third-order valence-corrected chi connectivity index (χ3v) is 4.00. The monoisotopic (exact) mass is 225 g/mol. The largest absolute Gasteiger partial charge is 0.379 e. The van der Waals surface area contributed by atoms with Crippen molar-refractivity contribution < 1.29 is 13.7 Å². The van der Waals surface area contributed by atoms with Gasteiger partial charge in [-0.1, -0.05) is 0 Å². The fourth-order valence-electron chi connectivity index (χ4n) is 0.910. The molecule has 1 aliphatic rings. The number of amides is 1. The van der Waals surface area contributed by atoms with E-state index in [0.717, 1.165) is 0 Å². The highest BCUT2D eigenvalue weighted by Gasteiger charge is 2.18. The summed E-state index contributed by atoms with van der Waals surface area (Å²) in [6.45, 7) is 2.34. The number of rotatable bonds is 1. The van der Waals surface area contributed by atoms with Crippen LogP contribution >= 0.6 is 11.6 Å². The van der Waals surface area contributed by atoms with Gasteiger partial charge in [0.05, 0.1) is 34.4 Å². The predicted molar refractivity (Wildman–Crippen MR) is 51.4 cm³/mol. The Hall–Kier alpha value is -0.130. The second-order valence-electron chi connectivity index (χ2n) is 2.84. The standard InChI is InChI=1S/C7H12ClNO3S/c1-6(8)7(10)9-13(11)4-2-12-3-5-13/h6H,2-5H2,1H3. The number of carbonyl (C=O) groups excluding carboxylic acids is 1. The lowest BCUT2D eigenvalue weighted by molar-refractivity contribution is -0.117. The SMILES string of the molecule is CC(Cl)C(=O)N=S1(=O)CCOCC1. The molecule has 0 bridgehead atoms. The Morgan fingerprint density at radius 3 is 2.54 bits per heavy atom. The van der Waals surface area contributed by atoms with E-state index in [9.17, 15) is 9.00 Å². The third kappa shape index (κ3) is 3.25. The number of nitrogens with zero attached hydrogens (tertiary/aromatic N) is 1. The molecule has 0 radical (unpaired) electrons. The van der Waals surface area contributed by atoms with Crippen LogP contribution in [0.2, 0.25) is 0 Å². The maximum absolute atomic E-state index is 11.8. The molecule has 1 heterocycles. The molecule has 0 N–H and O–H groups in total. The normalized spacial score (nSPS) is 23.5. The van der Waals surface area contributed by atoms with Gasteiger partial charge in [0.15, 0.2) is 0 Å². The second kappa shape index (κ2) is 4.39. The molecule has 0 spiro atoms. The highest BCUT2D eigenvalue weighted by molar-refractivity contribution is 7.93. The van der Waals surface area contributed by atoms with E-state index in [1.165, 1.54) is 6.92 Å². The van der Waals surface area contributed by atoms with Gasteiger partial charge in [0.1, 0.15) is 5.38 Å². The summed E-state index contributed by atoms with van der Waals surface area (Å²) in [6, 6.07) is 0. The molecule has 13 heavy (non-hydrogen) atoms. The molecule has 0 aromatic heterocycles. The molecule has 0 aromatic carbocycles. The summed E-state index contributed by atoms with van der Waals surface area (Å²) in [7, 11) is -2.37. The van der Waals surface area contributed by atoms with Crippen LogP contribution < -0.4 is 0 Å². The van der Waals surface area contributed by atoms with Crippen molar-refractivity contribution in [2.24, 2.45) is 4.36 Å². The van der Waals surface area contributed by atoms with Crippen LogP contribution in [0.4, 0.5) is 0 Å². The average Bonchev–Trinajstić information content (AvgIpc) is 2.04. The maximum Gasteiger partial charge on any atom is 0.271 e. The number of alkyl halides is 1. The van der Waals surface area contributed by atoms with Gasteiger partial charge in [0.2, 0.25) is 0 Å². The fourth-order valence-corrected chi connectivity index (χ4v) is 2.65. The topological polar surface area (TPSA) is 55.7 Å². The van der Waals surface area contributed by atoms with Gasteiger partial charge < -0.3 is 4.74 Å². The van der Waals surface area contributed by atoms with Crippen molar-refractivity contribution in [1.82, 2.24) is 0 Å². The van der Waals surface area contributed by atoms with Gasteiger partial charge >= 0.3 is 0 Å². The Kier molecular flexibility index (Phi) is 3.70. The zero-order valence-electron chi connectivity index (χ0n) is 7.36. The van der Waals surface area contributed by atoms with E-state index in [1.807, 2.05) is 0 Å². The van der Waals surface area contributed by atoms with Crippen LogP contribution in [0.3, 0.4) is 0 Å². The fraction of sp³-hybridized carbons (Fsp3) is 0.857. The van der Waals surface area contributed by atoms with E-state index in [2.05, 4.69) is 4.36 Å². The van der Waals surface area contributed by atoms with E-state index in [0.29, 0.717) is 24.7 Å². The Morgan fingerprint density at radius 1 is 1.54 bits per heavy atom. The van der Waals surface area contributed by atoms with Crippen LogP contribution in [0.5, 0.6) is 0 Å². The molecule has 4 nitrogen and oxygen atoms in total. The Balaban J connectivity index is 2.78. The third-order valence-electron chi connectivity index (χ3n) is 1.69. The van der Waals surface area contributed by atoms with Crippen molar-refractivity contribution in [2.45, 2.75) is 12.3 Å². The molecule has 1 amide bonds. The summed E-state index contributed by atoms with van der Waals surface area (Å²) in [5.74, 6) is 0.179. The molecule has 1 saturated heterocycles. The molecular weight excluding hydrogens is 214 g/mol. The first-order valence-electron chi connectivity index (χ1n) is 4.02. The Bertz CT molecular complexity index is 295. The highest BCUT2D eigenvalue weighted by Crippen LogP contribution is 2.06. The summed E-state index contributed by atoms with van der Waals surface area (Å²) in [5, 5.41) is -0.693. The van der Waals surface area contributed by atoms with Gasteiger partial charge in [-0.05, 0) is 6.92 Å². The quantitative estimate of drug-likeness (QED) is 0.616. The summed E-state index contributed by atoms with van der Waals surface area (Å²) in [4.78, 5) is 11.1. The van der Waals surface area contributed by atoms with Gasteiger partial charge in [-0.3, -0.25) is 4.79 Å². The number of hydrogen-bond donors (Lipinski definition) is 0. The molecule has 1 aliphatic heterocycles. The Morgan fingerprint density at radius 2 is 2.08 bits per heavy atom. The van der Waals surface area contributed by atoms with Crippen molar-refractivity contribution in [1.29, 1.82) is 0 Å². The van der Waals surface area contributed by atoms with Crippen LogP contribution in [-0.2, 0) is 19.3 Å². The zero-order chi connectivity index (χ0) is 9.90. The molecule has 1 atom stereocenters. The molecule has 76 valence electrons. The lowest BCUT2D eigenvalue weighted by Crippen LogP contribution is -2.27. The number of ether oxygens (including phenoxy) is 1. The first-order valence-corrected chi connectivity index (χ1v) is 6.31. The lowest BCUT2D eigenvalue weighted by atomic mass is 10.5. The minimum absolute atomic E-state index is 0.336. The van der Waals surface area contributed by atoms with E-state index in [1.54, 1.807) is 0 Å². The second-order valence-corrected chi connectivity index (χ2v) is 6.04. The number of hydrogen-bond acceptors (Lipinski definition) is 3. The van der Waals surface area contributed by atoms with Crippen LogP contribution in [0.1, 0.15) is 6.92 Å². The zero-order valence-corrected chi connectivity index (χ0v) is 8.94. The first kappa shape index (κ1) is 10.9. The van der Waals surface area contributed by atoms with Crippen LogP contribution in [0.15, 0.2) is 4.36 Å². The molecule has 0 aromatic rings. The van der Waals surface area contributed by atoms with Gasteiger partial charge in [-0.25, -0.2) is 4.21 Å². The van der Waals surface area contributed by atoms with E-state index in [4.69, 9.17) is 16.3 Å². The Labute approximate surface area is 82.8 Å². The number of carbonyl (C=O) groups is 1. The molecule has 6 heteroatoms. The van der Waals surface area contributed by atoms with Gasteiger partial charge in [-0.15, -0.1) is 11.6 Å². The van der Waals surface area contributed by atoms with E-state index in [-0.39, 0.29) is 0 Å². The molecule has 1 unspecified atom stereocenters. The summed E-state index contributed by atoms with van der Waals surface area (Å²) in [6.07, 6.45) is 0. The predicted octanol–water partition coefficient (Wildman–Crippen LogP) is 0.639. The van der Waals surface area contributed by atoms with Crippen LogP contribution in [-0.4, -0.2) is 40.2 Å². The van der Waals surface area contributed by atoms with Gasteiger partial charge in [-0.2, -0.15) is 4.36 Å². The van der Waals surface area contributed by atoms with Crippen LogP contribution in [0, 0.1) is 0 Å². The summed E-state index contributed by atoms with van der Waals surface area (Å²) >= 11 is 5.51. The molecule has 1 rings (SSSR count). The molecule has 0 aliphatic carbocycles. The smallest absolute Gasteiger partial charge is 0.271 e. The summed E-state index contributed by atoms with van der Waals surface area (Å²) in [5.41, 5.74) is 0. The number of halogens is 1. The minimum Gasteiger partial charge on any atom is -0.379 e. The lowest BCUT2D eigenvalue weighted by Gasteiger charge is -2.15. The maximum atomic E-state index is 11.8. The molecule has 1 fully saturated rings. The van der Waals surface area contributed by atoms with Crippen molar-refractivity contribution in [3.8, 4) is 0 Å². The summed E-state index contributed by atoms with van der Waals surface area (Å²) < 4.78 is 20.5. The molecule has 0 saturated carbocycles. The van der Waals surface area contributed by atoms with E-state index >= 15 is 0 Å². The van der Waals surface area contributed by atoms with Crippen molar-refractivity contribution in [2.75, 3.05) is 24.7 Å². The van der Waals surface area contributed by atoms with Crippen molar-refractivity contribution in [3.05, 3.63) is 0 Å². The van der Waals surface area contributed by atoms with Crippen molar-refractivity contribution in [3.63, 3.8) is 0 Å². The minimum atomic E-state index is -2.37. The van der Waals surface area contributed by atoms with Crippen LogP contribution in [0.25, 0.3) is 0 Å². The average molecular weight is 226 g/mol. The van der Waals surface area contributed by atoms with Gasteiger partial charge in [0, 0.05) is 0 Å². The van der Waals surface area contributed by atoms with Gasteiger partial charge in [0.25, 0.3) is 5.91 Å². The molecular formula is C7H12ClNO3S. The van der Waals surface area contributed by atoms with Crippen molar-refractivity contribution >= 4 is 27.2 Å². The first-order chi connectivity index (χ1) is 6.03. The van der Waals surface area contributed by atoms with E-state index < -0.39 is 21.0 Å². The highest BCUT2D eigenvalue weighted by atomic mass is 35.5.